The Morgan fingerprint density at radius 1 is 1.29 bits per heavy atom. The molecule has 0 saturated heterocycles. The predicted octanol–water partition coefficient (Wildman–Crippen LogP) is 3.34. The van der Waals surface area contributed by atoms with Crippen molar-refractivity contribution in [1.82, 2.24) is 4.37 Å². The maximum Gasteiger partial charge on any atom is 0.132 e. The highest BCUT2D eigenvalue weighted by Crippen LogP contribution is 2.27. The molecule has 0 aliphatic rings. The highest BCUT2D eigenvalue weighted by molar-refractivity contribution is 7.71. The molecule has 2 nitrogen and oxygen atoms in total. The normalized spacial score (nSPS) is 9.64. The number of H-pyrrole nitrogens is 1. The maximum absolute atomic E-state index is 8.92. The zero-order chi connectivity index (χ0) is 9.97. The average Bonchev–Trinajstić information content (AvgIpc) is 2.61. The maximum atomic E-state index is 8.92. The largest absolute Gasteiger partial charge is 0.300 e. The average molecular weight is 218 g/mol. The Hall–Kier alpha value is -1.44. The van der Waals surface area contributed by atoms with Crippen LogP contribution in [0.4, 0.5) is 0 Å². The molecule has 0 unspecified atom stereocenters. The van der Waals surface area contributed by atoms with Gasteiger partial charge in [-0.1, -0.05) is 54.1 Å². The van der Waals surface area contributed by atoms with Crippen molar-refractivity contribution < 1.29 is 0 Å². The third-order valence-electron chi connectivity index (χ3n) is 1.85. The summed E-state index contributed by atoms with van der Waals surface area (Å²) in [5.41, 5.74) is 1.60. The van der Waals surface area contributed by atoms with Gasteiger partial charge in [-0.05, 0) is 5.56 Å². The molecule has 14 heavy (non-hydrogen) atoms. The zero-order valence-electron chi connectivity index (χ0n) is 7.15. The van der Waals surface area contributed by atoms with Crippen molar-refractivity contribution in [1.29, 1.82) is 5.26 Å². The van der Waals surface area contributed by atoms with Crippen molar-refractivity contribution in [2.45, 2.75) is 0 Å². The minimum Gasteiger partial charge on any atom is -0.300 e. The number of nitrogens with zero attached hydrogens (tertiary/aromatic N) is 1. The fourth-order valence-electron chi connectivity index (χ4n) is 1.20. The van der Waals surface area contributed by atoms with E-state index in [0.29, 0.717) is 10.2 Å². The minimum atomic E-state index is 0.524. The van der Waals surface area contributed by atoms with Gasteiger partial charge in [0.1, 0.15) is 16.3 Å². The molecule has 1 aromatic carbocycles. The Labute approximate surface area is 90.6 Å². The number of hydrogen-bond acceptors (Lipinski definition) is 3. The van der Waals surface area contributed by atoms with E-state index in [1.807, 2.05) is 30.3 Å². The highest BCUT2D eigenvalue weighted by atomic mass is 32.1. The molecule has 0 aliphatic carbocycles. The first kappa shape index (κ1) is 9.13. The van der Waals surface area contributed by atoms with Gasteiger partial charge in [0.25, 0.3) is 0 Å². The summed E-state index contributed by atoms with van der Waals surface area (Å²) in [5, 5.41) is 8.92. The van der Waals surface area contributed by atoms with Crippen molar-refractivity contribution in [3.63, 3.8) is 0 Å². The summed E-state index contributed by atoms with van der Waals surface area (Å²) in [6.07, 6.45) is 0. The molecule has 1 aromatic heterocycles. The first-order valence-corrected chi connectivity index (χ1v) is 5.22. The van der Waals surface area contributed by atoms with Crippen molar-refractivity contribution >= 4 is 23.8 Å². The number of aromatic amines is 1. The second-order valence-electron chi connectivity index (χ2n) is 2.72. The molecule has 0 atom stereocenters. The Bertz CT molecular complexity index is 531. The molecule has 0 amide bonds. The molecule has 2 aromatic rings. The Morgan fingerprint density at radius 3 is 2.64 bits per heavy atom. The summed E-state index contributed by atoms with van der Waals surface area (Å²) < 4.78 is 3.45. The van der Waals surface area contributed by atoms with Crippen LogP contribution in [0.15, 0.2) is 30.3 Å². The lowest BCUT2D eigenvalue weighted by Gasteiger charge is -1.94. The van der Waals surface area contributed by atoms with Crippen LogP contribution in [0, 0.1) is 16.0 Å². The van der Waals surface area contributed by atoms with Gasteiger partial charge >= 0.3 is 0 Å². The lowest BCUT2D eigenvalue weighted by molar-refractivity contribution is 1.45. The second-order valence-corrected chi connectivity index (χ2v) is 3.94. The number of nitriles is 1. The molecule has 68 valence electrons. The fourth-order valence-corrected chi connectivity index (χ4v) is 2.33. The van der Waals surface area contributed by atoms with E-state index in [9.17, 15) is 0 Å². The summed E-state index contributed by atoms with van der Waals surface area (Å²) in [6, 6.07) is 11.9. The molecular formula is C10H6N2S2. The molecule has 0 bridgehead atoms. The molecule has 0 aliphatic heterocycles. The fraction of sp³-hybridized carbons (Fsp3) is 0. The van der Waals surface area contributed by atoms with Crippen LogP contribution in [0.25, 0.3) is 10.4 Å². The van der Waals surface area contributed by atoms with Crippen molar-refractivity contribution in [3.05, 3.63) is 40.5 Å². The monoisotopic (exact) mass is 218 g/mol. The van der Waals surface area contributed by atoms with Gasteiger partial charge in [-0.3, -0.25) is 0 Å². The van der Waals surface area contributed by atoms with E-state index in [4.69, 9.17) is 17.5 Å². The van der Waals surface area contributed by atoms with Crippen LogP contribution in [-0.4, -0.2) is 4.37 Å². The smallest absolute Gasteiger partial charge is 0.132 e. The van der Waals surface area contributed by atoms with Crippen LogP contribution in [0.5, 0.6) is 0 Å². The summed E-state index contributed by atoms with van der Waals surface area (Å²) in [5.74, 6) is 0. The van der Waals surface area contributed by atoms with Gasteiger partial charge in [0.15, 0.2) is 0 Å². The first-order valence-electron chi connectivity index (χ1n) is 4.00. The third kappa shape index (κ3) is 1.48. The number of aromatic nitrogens is 1. The van der Waals surface area contributed by atoms with Crippen molar-refractivity contribution in [2.75, 3.05) is 0 Å². The Kier molecular flexibility index (Phi) is 2.44. The van der Waals surface area contributed by atoms with Crippen molar-refractivity contribution in [3.8, 4) is 16.5 Å². The van der Waals surface area contributed by atoms with Gasteiger partial charge in [-0.15, -0.1) is 0 Å². The van der Waals surface area contributed by atoms with E-state index >= 15 is 0 Å². The molecule has 4 heteroatoms. The summed E-state index contributed by atoms with van der Waals surface area (Å²) >= 11 is 6.41. The highest BCUT2D eigenvalue weighted by Gasteiger charge is 2.08. The lowest BCUT2D eigenvalue weighted by atomic mass is 10.1. The van der Waals surface area contributed by atoms with Crippen LogP contribution in [0.2, 0.25) is 0 Å². The summed E-state index contributed by atoms with van der Waals surface area (Å²) in [4.78, 5) is 0.915. The molecule has 1 heterocycles. The number of hydrogen-bond donors (Lipinski definition) is 1. The minimum absolute atomic E-state index is 0.524. The summed E-state index contributed by atoms with van der Waals surface area (Å²) in [6.45, 7) is 0. The van der Waals surface area contributed by atoms with Crippen molar-refractivity contribution in [2.24, 2.45) is 0 Å². The van der Waals surface area contributed by atoms with E-state index in [1.165, 1.54) is 11.5 Å². The van der Waals surface area contributed by atoms with E-state index in [1.54, 1.807) is 0 Å². The summed E-state index contributed by atoms with van der Waals surface area (Å²) in [7, 11) is 0. The molecular weight excluding hydrogens is 212 g/mol. The molecule has 0 fully saturated rings. The number of nitrogens with one attached hydrogen (secondary N) is 1. The van der Waals surface area contributed by atoms with Gasteiger partial charge in [-0.2, -0.15) is 5.26 Å². The Balaban J connectivity index is 2.65. The van der Waals surface area contributed by atoms with Crippen LogP contribution >= 0.6 is 23.8 Å². The van der Waals surface area contributed by atoms with Gasteiger partial charge in [0, 0.05) is 0 Å². The molecule has 0 spiro atoms. The van der Waals surface area contributed by atoms with E-state index in [0.717, 1.165) is 10.4 Å². The molecule has 0 radical (unpaired) electrons. The lowest BCUT2D eigenvalue weighted by Crippen LogP contribution is -1.76. The van der Waals surface area contributed by atoms with E-state index in [-0.39, 0.29) is 0 Å². The molecule has 2 rings (SSSR count). The van der Waals surface area contributed by atoms with Crippen LogP contribution in [-0.2, 0) is 0 Å². The Morgan fingerprint density at radius 2 is 2.00 bits per heavy atom. The SMILES string of the molecule is N#Cc1c(-c2ccccc2)s[nH]c1=S. The third-order valence-corrected chi connectivity index (χ3v) is 3.23. The van der Waals surface area contributed by atoms with Crippen LogP contribution in [0.1, 0.15) is 5.56 Å². The standard InChI is InChI=1S/C10H6N2S2/c11-6-8-9(14-12-10(8)13)7-4-2-1-3-5-7/h1-5H,(H,12,13). The van der Waals surface area contributed by atoms with Gasteiger partial charge in [0.05, 0.1) is 4.88 Å². The number of benzene rings is 1. The molecule has 0 saturated carbocycles. The number of rotatable bonds is 1. The topological polar surface area (TPSA) is 39.6 Å². The van der Waals surface area contributed by atoms with Gasteiger partial charge < -0.3 is 4.37 Å². The zero-order valence-corrected chi connectivity index (χ0v) is 8.78. The van der Waals surface area contributed by atoms with Gasteiger partial charge in [-0.25, -0.2) is 0 Å². The van der Waals surface area contributed by atoms with E-state index < -0.39 is 0 Å². The van der Waals surface area contributed by atoms with E-state index in [2.05, 4.69) is 10.4 Å². The van der Waals surface area contributed by atoms with Crippen LogP contribution in [0.3, 0.4) is 0 Å². The molecule has 1 N–H and O–H groups in total. The van der Waals surface area contributed by atoms with Gasteiger partial charge in [0.2, 0.25) is 0 Å². The quantitative estimate of drug-likeness (QED) is 0.746. The first-order chi connectivity index (χ1) is 6.83. The predicted molar refractivity (Wildman–Crippen MR) is 59.7 cm³/mol. The second kappa shape index (κ2) is 3.74. The van der Waals surface area contributed by atoms with Crippen LogP contribution < -0.4 is 0 Å².